The molecule has 0 amide bonds. The van der Waals surface area contributed by atoms with Crippen LogP contribution in [0.15, 0.2) is 24.3 Å². The third-order valence-electron chi connectivity index (χ3n) is 4.89. The molecule has 0 bridgehead atoms. The first kappa shape index (κ1) is 22.4. The molecule has 6 heteroatoms. The van der Waals surface area contributed by atoms with Crippen LogP contribution in [0.5, 0.6) is 23.0 Å². The van der Waals surface area contributed by atoms with Crippen LogP contribution in [0, 0.1) is 6.92 Å². The summed E-state index contributed by atoms with van der Waals surface area (Å²) in [6.07, 6.45) is 1.56. The Hall–Kier alpha value is -2.89. The van der Waals surface area contributed by atoms with E-state index in [9.17, 15) is 4.79 Å². The van der Waals surface area contributed by atoms with Crippen LogP contribution in [0.4, 0.5) is 0 Å². The minimum absolute atomic E-state index is 0.191. The molecule has 0 radical (unpaired) electrons. The average Bonchev–Trinajstić information content (AvgIpc) is 2.73. The fourth-order valence-corrected chi connectivity index (χ4v) is 3.50. The molecular formula is C23H30O6. The quantitative estimate of drug-likeness (QED) is 0.557. The van der Waals surface area contributed by atoms with Gasteiger partial charge in [0.25, 0.3) is 0 Å². The van der Waals surface area contributed by atoms with Crippen LogP contribution in [0.2, 0.25) is 0 Å². The van der Waals surface area contributed by atoms with Crippen molar-refractivity contribution in [2.75, 3.05) is 35.0 Å². The Labute approximate surface area is 172 Å². The summed E-state index contributed by atoms with van der Waals surface area (Å²) in [4.78, 5) is 11.8. The summed E-state index contributed by atoms with van der Waals surface area (Å²) in [5.74, 6) is 2.04. The van der Waals surface area contributed by atoms with Crippen molar-refractivity contribution in [1.29, 1.82) is 0 Å². The van der Waals surface area contributed by atoms with Gasteiger partial charge in [0.2, 0.25) is 11.5 Å². The van der Waals surface area contributed by atoms with Crippen LogP contribution >= 0.6 is 0 Å². The smallest absolute Gasteiger partial charge is 0.306 e. The Morgan fingerprint density at radius 1 is 0.828 bits per heavy atom. The van der Waals surface area contributed by atoms with Gasteiger partial charge in [0, 0.05) is 24.0 Å². The van der Waals surface area contributed by atoms with Gasteiger partial charge in [0.1, 0.15) is 0 Å². The van der Waals surface area contributed by atoms with Gasteiger partial charge in [0.05, 0.1) is 35.0 Å². The van der Waals surface area contributed by atoms with Gasteiger partial charge < -0.3 is 23.7 Å². The van der Waals surface area contributed by atoms with E-state index in [0.29, 0.717) is 48.9 Å². The molecule has 0 unspecified atom stereocenters. The lowest BCUT2D eigenvalue weighted by Crippen LogP contribution is -2.08. The molecule has 0 fully saturated rings. The van der Waals surface area contributed by atoms with Crippen molar-refractivity contribution in [2.24, 2.45) is 0 Å². The first-order valence-electron chi connectivity index (χ1n) is 9.60. The van der Waals surface area contributed by atoms with Gasteiger partial charge >= 0.3 is 5.97 Å². The fourth-order valence-electron chi connectivity index (χ4n) is 3.50. The summed E-state index contributed by atoms with van der Waals surface area (Å²) in [6.45, 7) is 4.17. The molecule has 2 aromatic carbocycles. The van der Waals surface area contributed by atoms with Crippen LogP contribution < -0.4 is 18.9 Å². The molecule has 0 N–H and O–H groups in total. The highest BCUT2D eigenvalue weighted by molar-refractivity contribution is 5.70. The molecule has 0 heterocycles. The molecule has 0 aromatic heterocycles. The van der Waals surface area contributed by atoms with Gasteiger partial charge in [-0.1, -0.05) is 24.3 Å². The van der Waals surface area contributed by atoms with E-state index >= 15 is 0 Å². The standard InChI is InChI=1S/C23H30O6/c1-7-29-19(24)13-12-16-10-8-9-11-17(16)14-18-15(2)20(25-3)22(27-5)23(28-6)21(18)26-4/h8-11H,7,12-14H2,1-6H3. The predicted molar refractivity (Wildman–Crippen MR) is 112 cm³/mol. The average molecular weight is 402 g/mol. The first-order chi connectivity index (χ1) is 14.0. The first-order valence-corrected chi connectivity index (χ1v) is 9.60. The molecule has 2 rings (SSSR count). The molecule has 0 saturated carbocycles. The highest BCUT2D eigenvalue weighted by atomic mass is 16.5. The second-order valence-corrected chi connectivity index (χ2v) is 6.49. The zero-order valence-corrected chi connectivity index (χ0v) is 18.1. The summed E-state index contributed by atoms with van der Waals surface area (Å²) in [7, 11) is 6.36. The molecule has 0 atom stereocenters. The topological polar surface area (TPSA) is 63.2 Å². The lowest BCUT2D eigenvalue weighted by molar-refractivity contribution is -0.143. The number of rotatable bonds is 10. The van der Waals surface area contributed by atoms with Crippen molar-refractivity contribution in [3.63, 3.8) is 0 Å². The second kappa shape index (κ2) is 10.6. The van der Waals surface area contributed by atoms with Crippen LogP contribution in [0.1, 0.15) is 35.6 Å². The lowest BCUT2D eigenvalue weighted by atomic mass is 9.93. The number of hydrogen-bond acceptors (Lipinski definition) is 6. The maximum absolute atomic E-state index is 11.8. The molecule has 29 heavy (non-hydrogen) atoms. The number of esters is 1. The number of carbonyl (C=O) groups is 1. The Bertz CT molecular complexity index is 844. The third kappa shape index (κ3) is 4.94. The Morgan fingerprint density at radius 3 is 1.93 bits per heavy atom. The van der Waals surface area contributed by atoms with Crippen LogP contribution in [-0.4, -0.2) is 41.0 Å². The number of benzene rings is 2. The van der Waals surface area contributed by atoms with Gasteiger partial charge in [-0.3, -0.25) is 4.79 Å². The second-order valence-electron chi connectivity index (χ2n) is 6.49. The van der Waals surface area contributed by atoms with E-state index < -0.39 is 0 Å². The third-order valence-corrected chi connectivity index (χ3v) is 4.89. The highest BCUT2D eigenvalue weighted by Gasteiger charge is 2.25. The van der Waals surface area contributed by atoms with E-state index in [1.54, 1.807) is 28.4 Å². The summed E-state index contributed by atoms with van der Waals surface area (Å²) in [6, 6.07) is 8.06. The van der Waals surface area contributed by atoms with E-state index in [-0.39, 0.29) is 5.97 Å². The van der Waals surface area contributed by atoms with Crippen LogP contribution in [0.25, 0.3) is 0 Å². The van der Waals surface area contributed by atoms with Crippen molar-refractivity contribution < 1.29 is 28.5 Å². The number of ether oxygens (including phenoxy) is 5. The molecule has 0 spiro atoms. The zero-order valence-electron chi connectivity index (χ0n) is 18.1. The van der Waals surface area contributed by atoms with Crippen molar-refractivity contribution in [3.8, 4) is 23.0 Å². The van der Waals surface area contributed by atoms with Crippen LogP contribution in [-0.2, 0) is 22.4 Å². The summed E-state index contributed by atoms with van der Waals surface area (Å²) in [5, 5.41) is 0. The van der Waals surface area contributed by atoms with Gasteiger partial charge in [-0.05, 0) is 31.4 Å². The molecular weight excluding hydrogens is 372 g/mol. The van der Waals surface area contributed by atoms with Gasteiger partial charge in [-0.25, -0.2) is 0 Å². The summed E-state index contributed by atoms with van der Waals surface area (Å²) in [5.41, 5.74) is 4.07. The number of carbonyl (C=O) groups excluding carboxylic acids is 1. The fraction of sp³-hybridized carbons (Fsp3) is 0.435. The molecule has 0 aliphatic rings. The Morgan fingerprint density at radius 2 is 1.38 bits per heavy atom. The molecule has 2 aromatic rings. The minimum Gasteiger partial charge on any atom is -0.492 e. The maximum atomic E-state index is 11.8. The molecule has 0 aliphatic heterocycles. The van der Waals surface area contributed by atoms with Gasteiger partial charge in [-0.15, -0.1) is 0 Å². The summed E-state index contributed by atoms with van der Waals surface area (Å²) >= 11 is 0. The maximum Gasteiger partial charge on any atom is 0.306 e. The number of hydrogen-bond donors (Lipinski definition) is 0. The van der Waals surface area contributed by atoms with Crippen molar-refractivity contribution in [1.82, 2.24) is 0 Å². The summed E-state index contributed by atoms with van der Waals surface area (Å²) < 4.78 is 27.5. The van der Waals surface area contributed by atoms with Gasteiger partial charge in [0.15, 0.2) is 11.5 Å². The van der Waals surface area contributed by atoms with Crippen molar-refractivity contribution >= 4 is 5.97 Å². The Balaban J connectivity index is 2.48. The normalized spacial score (nSPS) is 10.4. The van der Waals surface area contributed by atoms with E-state index in [1.807, 2.05) is 32.0 Å². The minimum atomic E-state index is -0.191. The van der Waals surface area contributed by atoms with E-state index in [1.165, 1.54) is 0 Å². The largest absolute Gasteiger partial charge is 0.492 e. The molecule has 0 aliphatic carbocycles. The van der Waals surface area contributed by atoms with Gasteiger partial charge in [-0.2, -0.15) is 0 Å². The van der Waals surface area contributed by atoms with Crippen LogP contribution in [0.3, 0.4) is 0 Å². The molecule has 6 nitrogen and oxygen atoms in total. The van der Waals surface area contributed by atoms with E-state index in [4.69, 9.17) is 23.7 Å². The van der Waals surface area contributed by atoms with Crippen molar-refractivity contribution in [3.05, 3.63) is 46.5 Å². The number of aryl methyl sites for hydroxylation is 1. The number of methoxy groups -OCH3 is 4. The highest BCUT2D eigenvalue weighted by Crippen LogP contribution is 2.49. The lowest BCUT2D eigenvalue weighted by Gasteiger charge is -2.22. The van der Waals surface area contributed by atoms with Crippen molar-refractivity contribution in [2.45, 2.75) is 33.1 Å². The SMILES string of the molecule is CCOC(=O)CCc1ccccc1Cc1c(C)c(OC)c(OC)c(OC)c1OC. The molecule has 158 valence electrons. The van der Waals surface area contributed by atoms with E-state index in [0.717, 1.165) is 22.3 Å². The monoisotopic (exact) mass is 402 g/mol. The Kier molecular flexibility index (Phi) is 8.19. The molecule has 0 saturated heterocycles. The van der Waals surface area contributed by atoms with E-state index in [2.05, 4.69) is 6.07 Å². The zero-order chi connectivity index (χ0) is 21.4. The predicted octanol–water partition coefficient (Wildman–Crippen LogP) is 4.12.